The van der Waals surface area contributed by atoms with Crippen molar-refractivity contribution in [1.82, 2.24) is 4.90 Å². The maximum atomic E-state index is 12.2. The molecule has 0 aromatic carbocycles. The van der Waals surface area contributed by atoms with E-state index in [0.717, 1.165) is 6.42 Å². The maximum absolute atomic E-state index is 12.2. The number of hydrogen-bond donors (Lipinski definition) is 1. The van der Waals surface area contributed by atoms with Crippen LogP contribution in [0.5, 0.6) is 0 Å². The number of nitrogens with zero attached hydrogens (tertiary/aromatic N) is 1. The second-order valence-corrected chi connectivity index (χ2v) is 7.04. The smallest absolute Gasteiger partial charge is 0.303 e. The van der Waals surface area contributed by atoms with E-state index in [1.165, 1.54) is 0 Å². The van der Waals surface area contributed by atoms with E-state index >= 15 is 0 Å². The van der Waals surface area contributed by atoms with Gasteiger partial charge >= 0.3 is 5.97 Å². The molecule has 4 nitrogen and oxygen atoms in total. The van der Waals surface area contributed by atoms with Crippen molar-refractivity contribution in [3.8, 4) is 0 Å². The number of carbonyl (C=O) groups excluding carboxylic acids is 1. The first-order valence-electron chi connectivity index (χ1n) is 7.16. The molecule has 0 spiro atoms. The molecule has 20 heavy (non-hydrogen) atoms. The molecular weight excluding hydrogens is 254 g/mol. The zero-order chi connectivity index (χ0) is 16.0. The van der Waals surface area contributed by atoms with Gasteiger partial charge in [-0.2, -0.15) is 0 Å². The number of carboxylic acids is 1. The topological polar surface area (TPSA) is 57.6 Å². The van der Waals surface area contributed by atoms with E-state index in [9.17, 15) is 9.59 Å². The molecule has 0 bridgehead atoms. The van der Waals surface area contributed by atoms with Crippen molar-refractivity contribution in [3.63, 3.8) is 0 Å². The minimum absolute atomic E-state index is 0.0489. The van der Waals surface area contributed by atoms with E-state index in [2.05, 4.69) is 20.8 Å². The van der Waals surface area contributed by atoms with E-state index in [4.69, 9.17) is 5.11 Å². The molecule has 0 rings (SSSR count). The monoisotopic (exact) mass is 283 g/mol. The number of allylic oxidation sites excluding steroid dienone is 1. The molecule has 0 atom stereocenters. The first-order chi connectivity index (χ1) is 8.99. The van der Waals surface area contributed by atoms with Gasteiger partial charge in [-0.15, -0.1) is 0 Å². The number of aliphatic carboxylic acids is 1. The Morgan fingerprint density at radius 2 is 1.70 bits per heavy atom. The normalized spacial score (nSPS) is 12.7. The van der Waals surface area contributed by atoms with Gasteiger partial charge in [0, 0.05) is 18.5 Å². The number of rotatable bonds is 7. The summed E-state index contributed by atoms with van der Waals surface area (Å²) < 4.78 is 0. The molecule has 1 N–H and O–H groups in total. The highest BCUT2D eigenvalue weighted by molar-refractivity contribution is 5.88. The van der Waals surface area contributed by atoms with E-state index in [-0.39, 0.29) is 23.3 Å². The standard InChI is InChI=1S/C16H29NO3/c1-7-9-13(18)17(11-8-10-14(19)20)16(5,6)12-15(2,3)4/h7,9H,8,10-12H2,1-6H3,(H,19,20). The Labute approximate surface area is 122 Å². The quantitative estimate of drug-likeness (QED) is 0.728. The fourth-order valence-corrected chi connectivity index (χ4v) is 2.73. The Kier molecular flexibility index (Phi) is 6.97. The fourth-order valence-electron chi connectivity index (χ4n) is 2.73. The van der Waals surface area contributed by atoms with Crippen LogP contribution < -0.4 is 0 Å². The highest BCUT2D eigenvalue weighted by Crippen LogP contribution is 2.31. The van der Waals surface area contributed by atoms with Gasteiger partial charge in [-0.3, -0.25) is 9.59 Å². The molecule has 1 amide bonds. The van der Waals surface area contributed by atoms with Crippen LogP contribution in [0.3, 0.4) is 0 Å². The van der Waals surface area contributed by atoms with Crippen molar-refractivity contribution in [2.24, 2.45) is 5.41 Å². The Hall–Kier alpha value is -1.32. The highest BCUT2D eigenvalue weighted by atomic mass is 16.4. The SMILES string of the molecule is CC=CC(=O)N(CCCC(=O)O)C(C)(C)CC(C)(C)C. The molecule has 0 aromatic rings. The molecule has 0 aliphatic heterocycles. The molecule has 0 aliphatic carbocycles. The van der Waals surface area contributed by atoms with E-state index in [0.29, 0.717) is 13.0 Å². The lowest BCUT2D eigenvalue weighted by Crippen LogP contribution is -2.49. The van der Waals surface area contributed by atoms with Crippen molar-refractivity contribution in [3.05, 3.63) is 12.2 Å². The molecule has 4 heteroatoms. The lowest BCUT2D eigenvalue weighted by atomic mass is 9.80. The van der Waals surface area contributed by atoms with Crippen LogP contribution in [-0.4, -0.2) is 34.0 Å². The number of carbonyl (C=O) groups is 2. The van der Waals surface area contributed by atoms with Gasteiger partial charge in [-0.1, -0.05) is 26.8 Å². The van der Waals surface area contributed by atoms with Crippen LogP contribution in [0.2, 0.25) is 0 Å². The molecular formula is C16H29NO3. The second kappa shape index (κ2) is 7.46. The summed E-state index contributed by atoms with van der Waals surface area (Å²) in [5, 5.41) is 8.74. The average Bonchev–Trinajstić information content (AvgIpc) is 2.20. The first-order valence-corrected chi connectivity index (χ1v) is 7.16. The van der Waals surface area contributed by atoms with Crippen molar-refractivity contribution in [2.45, 2.75) is 66.3 Å². The zero-order valence-electron chi connectivity index (χ0n) is 13.7. The summed E-state index contributed by atoms with van der Waals surface area (Å²) in [6.45, 7) is 12.8. The third kappa shape index (κ3) is 7.31. The summed E-state index contributed by atoms with van der Waals surface area (Å²) in [6, 6.07) is 0. The molecule has 116 valence electrons. The van der Waals surface area contributed by atoms with Crippen LogP contribution in [0, 0.1) is 5.41 Å². The summed E-state index contributed by atoms with van der Waals surface area (Å²) in [5.41, 5.74) is -0.196. The van der Waals surface area contributed by atoms with Gasteiger partial charge in [0.2, 0.25) is 5.91 Å². The van der Waals surface area contributed by atoms with Crippen LogP contribution in [0.25, 0.3) is 0 Å². The lowest BCUT2D eigenvalue weighted by Gasteiger charge is -2.42. The molecule has 0 saturated carbocycles. The van der Waals surface area contributed by atoms with Gasteiger partial charge in [-0.05, 0) is 45.1 Å². The predicted molar refractivity (Wildman–Crippen MR) is 81.5 cm³/mol. The largest absolute Gasteiger partial charge is 0.481 e. The Bertz CT molecular complexity index is 364. The number of carboxylic acid groups (broad SMARTS) is 1. The van der Waals surface area contributed by atoms with Crippen LogP contribution in [0.4, 0.5) is 0 Å². The summed E-state index contributed by atoms with van der Waals surface area (Å²) in [4.78, 5) is 24.7. The van der Waals surface area contributed by atoms with Gasteiger partial charge in [-0.25, -0.2) is 0 Å². The highest BCUT2D eigenvalue weighted by Gasteiger charge is 2.33. The lowest BCUT2D eigenvalue weighted by molar-refractivity contribution is -0.138. The average molecular weight is 283 g/mol. The Morgan fingerprint density at radius 3 is 2.10 bits per heavy atom. The summed E-state index contributed by atoms with van der Waals surface area (Å²) in [6.07, 6.45) is 4.69. The minimum atomic E-state index is -0.822. The van der Waals surface area contributed by atoms with Gasteiger partial charge in [0.05, 0.1) is 0 Å². The number of hydrogen-bond acceptors (Lipinski definition) is 2. The van der Waals surface area contributed by atoms with E-state index < -0.39 is 5.97 Å². The third-order valence-corrected chi connectivity index (χ3v) is 3.04. The second-order valence-electron chi connectivity index (χ2n) is 7.04. The molecule has 0 saturated heterocycles. The van der Waals surface area contributed by atoms with Crippen LogP contribution in [-0.2, 0) is 9.59 Å². The minimum Gasteiger partial charge on any atom is -0.481 e. The Balaban J connectivity index is 4.99. The molecule has 0 aromatic heterocycles. The third-order valence-electron chi connectivity index (χ3n) is 3.04. The predicted octanol–water partition coefficient (Wildman–Crippen LogP) is 3.47. The summed E-state index contributed by atoms with van der Waals surface area (Å²) in [7, 11) is 0. The molecule has 0 fully saturated rings. The molecule has 0 aliphatic rings. The van der Waals surface area contributed by atoms with Crippen LogP contribution in [0.15, 0.2) is 12.2 Å². The molecule has 0 heterocycles. The van der Waals surface area contributed by atoms with Gasteiger partial charge < -0.3 is 10.0 Å². The van der Waals surface area contributed by atoms with Crippen LogP contribution in [0.1, 0.15) is 60.8 Å². The van der Waals surface area contributed by atoms with Crippen LogP contribution >= 0.6 is 0 Å². The van der Waals surface area contributed by atoms with Gasteiger partial charge in [0.1, 0.15) is 0 Å². The van der Waals surface area contributed by atoms with Crippen molar-refractivity contribution < 1.29 is 14.7 Å². The fraction of sp³-hybridized carbons (Fsp3) is 0.750. The Morgan fingerprint density at radius 1 is 1.15 bits per heavy atom. The van der Waals surface area contributed by atoms with Crippen molar-refractivity contribution in [2.75, 3.05) is 6.54 Å². The zero-order valence-corrected chi connectivity index (χ0v) is 13.7. The van der Waals surface area contributed by atoms with E-state index in [1.54, 1.807) is 17.1 Å². The van der Waals surface area contributed by atoms with Gasteiger partial charge in [0.25, 0.3) is 0 Å². The molecule has 0 radical (unpaired) electrons. The maximum Gasteiger partial charge on any atom is 0.303 e. The number of amides is 1. The first kappa shape index (κ1) is 18.7. The summed E-state index contributed by atoms with van der Waals surface area (Å²) >= 11 is 0. The van der Waals surface area contributed by atoms with Crippen molar-refractivity contribution >= 4 is 11.9 Å². The van der Waals surface area contributed by atoms with E-state index in [1.807, 2.05) is 20.8 Å². The van der Waals surface area contributed by atoms with Crippen molar-refractivity contribution in [1.29, 1.82) is 0 Å². The summed E-state index contributed by atoms with van der Waals surface area (Å²) in [5.74, 6) is -0.871. The molecule has 0 unspecified atom stereocenters. The van der Waals surface area contributed by atoms with Gasteiger partial charge in [0.15, 0.2) is 0 Å².